The summed E-state index contributed by atoms with van der Waals surface area (Å²) in [4.78, 5) is 23.3. The second-order valence-corrected chi connectivity index (χ2v) is 7.49. The van der Waals surface area contributed by atoms with E-state index in [0.29, 0.717) is 30.8 Å². The third-order valence-corrected chi connectivity index (χ3v) is 3.47. The summed E-state index contributed by atoms with van der Waals surface area (Å²) < 4.78 is 10.5. The molecule has 0 amide bonds. The molecule has 0 aromatic rings. The van der Waals surface area contributed by atoms with Gasteiger partial charge in [0.25, 0.3) is 0 Å². The van der Waals surface area contributed by atoms with Gasteiger partial charge in [-0.1, -0.05) is 42.5 Å². The number of ether oxygens (including phenoxy) is 2. The van der Waals surface area contributed by atoms with E-state index in [-0.39, 0.29) is 15.4 Å². The van der Waals surface area contributed by atoms with Gasteiger partial charge < -0.3 is 9.47 Å². The lowest BCUT2D eigenvalue weighted by atomic mass is 10.0. The van der Waals surface area contributed by atoms with Crippen molar-refractivity contribution < 1.29 is 19.1 Å². The molecule has 0 aromatic carbocycles. The molecule has 1 unspecified atom stereocenters. The number of allylic oxidation sites excluding steroid dienone is 3. The maximum atomic E-state index is 11.7. The summed E-state index contributed by atoms with van der Waals surface area (Å²) in [5.74, 6) is 0.233. The average Bonchev–Trinajstić information content (AvgIpc) is 2.33. The molecule has 5 heteroatoms. The molecular formula is C15H21IO4. The molecule has 0 fully saturated rings. The monoisotopic (exact) mass is 392 g/mol. The Morgan fingerprint density at radius 1 is 1.20 bits per heavy atom. The average molecular weight is 392 g/mol. The van der Waals surface area contributed by atoms with Crippen molar-refractivity contribution in [3.63, 3.8) is 0 Å². The topological polar surface area (TPSA) is 52.6 Å². The van der Waals surface area contributed by atoms with Gasteiger partial charge in [0, 0.05) is 22.7 Å². The van der Waals surface area contributed by atoms with Crippen LogP contribution >= 0.6 is 22.6 Å². The van der Waals surface area contributed by atoms with Gasteiger partial charge in [-0.2, -0.15) is 0 Å². The summed E-state index contributed by atoms with van der Waals surface area (Å²) in [5, 5.41) is 0. The summed E-state index contributed by atoms with van der Waals surface area (Å²) >= 11 is 2.28. The highest BCUT2D eigenvalue weighted by atomic mass is 127. The number of alkyl halides is 1. The third-order valence-electron chi connectivity index (χ3n) is 2.73. The Balaban J connectivity index is 2.86. The molecule has 1 aliphatic rings. The Morgan fingerprint density at radius 2 is 1.75 bits per heavy atom. The van der Waals surface area contributed by atoms with E-state index >= 15 is 0 Å². The fourth-order valence-corrected chi connectivity index (χ4v) is 2.28. The molecule has 0 bridgehead atoms. The van der Waals surface area contributed by atoms with Crippen molar-refractivity contribution in [3.8, 4) is 0 Å². The Kier molecular flexibility index (Phi) is 6.71. The molecule has 0 heterocycles. The van der Waals surface area contributed by atoms with Crippen LogP contribution in [0.25, 0.3) is 0 Å². The van der Waals surface area contributed by atoms with E-state index in [1.54, 1.807) is 6.08 Å². The van der Waals surface area contributed by atoms with E-state index in [1.165, 1.54) is 0 Å². The molecule has 4 nitrogen and oxygen atoms in total. The number of hydrogen-bond donors (Lipinski definition) is 0. The Labute approximate surface area is 133 Å². The van der Waals surface area contributed by atoms with Gasteiger partial charge in [-0.15, -0.1) is 0 Å². The van der Waals surface area contributed by atoms with Crippen LogP contribution in [0.3, 0.4) is 0 Å². The van der Waals surface area contributed by atoms with Crippen LogP contribution < -0.4 is 0 Å². The zero-order chi connectivity index (χ0) is 15.2. The first-order valence-electron chi connectivity index (χ1n) is 6.90. The molecule has 0 N–H and O–H groups in total. The van der Waals surface area contributed by atoms with Crippen LogP contribution in [0.4, 0.5) is 0 Å². The van der Waals surface area contributed by atoms with Crippen molar-refractivity contribution in [2.24, 2.45) is 0 Å². The first-order valence-corrected chi connectivity index (χ1v) is 7.98. The maximum absolute atomic E-state index is 11.7. The van der Waals surface area contributed by atoms with Crippen LogP contribution in [0, 0.1) is 0 Å². The van der Waals surface area contributed by atoms with Crippen LogP contribution in [0.15, 0.2) is 23.7 Å². The van der Waals surface area contributed by atoms with Crippen LogP contribution in [-0.4, -0.2) is 15.4 Å². The first-order chi connectivity index (χ1) is 9.38. The SMILES string of the molecule is CCCC(=O)OC1=C(OC(=O)CCC)CC(C)(I)C=C1. The predicted molar refractivity (Wildman–Crippen MR) is 85.2 cm³/mol. The van der Waals surface area contributed by atoms with Crippen LogP contribution in [0.5, 0.6) is 0 Å². The van der Waals surface area contributed by atoms with Crippen molar-refractivity contribution >= 4 is 34.5 Å². The Hall–Kier alpha value is -0.850. The Morgan fingerprint density at radius 3 is 2.30 bits per heavy atom. The van der Waals surface area contributed by atoms with Gasteiger partial charge in [0.2, 0.25) is 0 Å². The molecule has 0 spiro atoms. The molecular weight excluding hydrogens is 371 g/mol. The standard InChI is InChI=1S/C15H21IO4/c1-4-6-13(17)19-11-8-9-15(3,16)10-12(11)20-14(18)7-5-2/h8-9H,4-7,10H2,1-3H3. The van der Waals surface area contributed by atoms with E-state index in [4.69, 9.17) is 9.47 Å². The summed E-state index contributed by atoms with van der Waals surface area (Å²) in [6, 6.07) is 0. The highest BCUT2D eigenvalue weighted by Crippen LogP contribution is 2.35. The zero-order valence-corrected chi connectivity index (χ0v) is 14.4. The molecule has 0 radical (unpaired) electrons. The number of esters is 2. The molecule has 0 saturated heterocycles. The second kappa shape index (κ2) is 7.81. The summed E-state index contributed by atoms with van der Waals surface area (Å²) in [5.41, 5.74) is 0. The minimum Gasteiger partial charge on any atom is -0.427 e. The van der Waals surface area contributed by atoms with Gasteiger partial charge in [0.1, 0.15) is 0 Å². The predicted octanol–water partition coefficient (Wildman–Crippen LogP) is 4.04. The number of hydrogen-bond acceptors (Lipinski definition) is 4. The normalized spacial score (nSPS) is 21.8. The van der Waals surface area contributed by atoms with Gasteiger partial charge in [-0.3, -0.25) is 9.59 Å². The van der Waals surface area contributed by atoms with Gasteiger partial charge in [0.05, 0.1) is 0 Å². The lowest BCUT2D eigenvalue weighted by molar-refractivity contribution is -0.143. The summed E-state index contributed by atoms with van der Waals surface area (Å²) in [6.45, 7) is 5.86. The number of carbonyl (C=O) groups is 2. The van der Waals surface area contributed by atoms with Gasteiger partial charge in [0.15, 0.2) is 11.5 Å². The fraction of sp³-hybridized carbons (Fsp3) is 0.600. The number of carbonyl (C=O) groups excluding carboxylic acids is 2. The van der Waals surface area contributed by atoms with Gasteiger partial charge in [-0.05, 0) is 25.8 Å². The maximum Gasteiger partial charge on any atom is 0.311 e. The van der Waals surface area contributed by atoms with E-state index in [9.17, 15) is 9.59 Å². The summed E-state index contributed by atoms with van der Waals surface area (Å²) in [7, 11) is 0. The van der Waals surface area contributed by atoms with Crippen molar-refractivity contribution in [1.82, 2.24) is 0 Å². The van der Waals surface area contributed by atoms with Crippen molar-refractivity contribution in [3.05, 3.63) is 23.7 Å². The largest absolute Gasteiger partial charge is 0.427 e. The van der Waals surface area contributed by atoms with Crippen LogP contribution in [0.1, 0.15) is 52.9 Å². The van der Waals surface area contributed by atoms with Crippen molar-refractivity contribution in [2.75, 3.05) is 0 Å². The minimum absolute atomic E-state index is 0.139. The van der Waals surface area contributed by atoms with Gasteiger partial charge in [-0.25, -0.2) is 0 Å². The van der Waals surface area contributed by atoms with E-state index in [1.807, 2.05) is 26.8 Å². The lowest BCUT2D eigenvalue weighted by Gasteiger charge is -2.25. The minimum atomic E-state index is -0.298. The lowest BCUT2D eigenvalue weighted by Crippen LogP contribution is -2.21. The molecule has 20 heavy (non-hydrogen) atoms. The van der Waals surface area contributed by atoms with E-state index < -0.39 is 0 Å². The molecule has 0 aromatic heterocycles. The summed E-state index contributed by atoms with van der Waals surface area (Å²) in [6.07, 6.45) is 6.39. The fourth-order valence-electron chi connectivity index (χ4n) is 1.75. The van der Waals surface area contributed by atoms with E-state index in [0.717, 1.165) is 12.8 Å². The highest BCUT2D eigenvalue weighted by molar-refractivity contribution is 14.1. The molecule has 1 atom stereocenters. The molecule has 0 aliphatic heterocycles. The molecule has 0 saturated carbocycles. The van der Waals surface area contributed by atoms with Crippen LogP contribution in [0.2, 0.25) is 0 Å². The second-order valence-electron chi connectivity index (χ2n) is 5.02. The Bertz CT molecular complexity index is 435. The van der Waals surface area contributed by atoms with Gasteiger partial charge >= 0.3 is 11.9 Å². The van der Waals surface area contributed by atoms with Crippen molar-refractivity contribution in [2.45, 2.75) is 56.3 Å². The van der Waals surface area contributed by atoms with Crippen LogP contribution in [-0.2, 0) is 19.1 Å². The zero-order valence-electron chi connectivity index (χ0n) is 12.2. The number of rotatable bonds is 6. The number of halogens is 1. The van der Waals surface area contributed by atoms with E-state index in [2.05, 4.69) is 22.6 Å². The molecule has 1 rings (SSSR count). The van der Waals surface area contributed by atoms with Crippen molar-refractivity contribution in [1.29, 1.82) is 0 Å². The first kappa shape index (κ1) is 17.2. The smallest absolute Gasteiger partial charge is 0.311 e. The molecule has 112 valence electrons. The highest BCUT2D eigenvalue weighted by Gasteiger charge is 2.28. The quantitative estimate of drug-likeness (QED) is 0.389. The third kappa shape index (κ3) is 5.64. The molecule has 1 aliphatic carbocycles.